The molecule has 1 fully saturated rings. The fourth-order valence-corrected chi connectivity index (χ4v) is 1.81. The first kappa shape index (κ1) is 4.39. The van der Waals surface area contributed by atoms with Crippen LogP contribution in [0.2, 0.25) is 0 Å². The van der Waals surface area contributed by atoms with Crippen molar-refractivity contribution in [2.75, 3.05) is 19.0 Å². The molecule has 6 heavy (non-hydrogen) atoms. The van der Waals surface area contributed by atoms with Crippen LogP contribution in [0.4, 0.5) is 0 Å². The van der Waals surface area contributed by atoms with Gasteiger partial charge in [0.25, 0.3) is 0 Å². The third-order valence-corrected chi connectivity index (χ3v) is 3.79. The van der Waals surface area contributed by atoms with Gasteiger partial charge in [-0.1, -0.05) is 0 Å². The molecule has 0 aromatic heterocycles. The van der Waals surface area contributed by atoms with Crippen molar-refractivity contribution in [3.05, 3.63) is 0 Å². The molecule has 0 bridgehead atoms. The predicted octanol–water partition coefficient (Wildman–Crippen LogP) is 1.38. The maximum absolute atomic E-state index is 10.7. The molecule has 0 aromatic rings. The summed E-state index contributed by atoms with van der Waals surface area (Å²) in [5, 5.41) is 0. The van der Waals surface area contributed by atoms with Crippen molar-refractivity contribution in [1.82, 2.24) is 0 Å². The SMILES string of the molecule is CP1(=O)CCC1. The minimum atomic E-state index is -1.47. The number of hydrogen-bond acceptors (Lipinski definition) is 1. The molecule has 1 rings (SSSR count). The van der Waals surface area contributed by atoms with Crippen molar-refractivity contribution >= 4 is 7.14 Å². The van der Waals surface area contributed by atoms with Crippen molar-refractivity contribution in [2.24, 2.45) is 0 Å². The molecule has 0 spiro atoms. The summed E-state index contributed by atoms with van der Waals surface area (Å²) in [7, 11) is -1.47. The zero-order valence-corrected chi connectivity index (χ0v) is 4.87. The standard InChI is InChI=1S/C4H9OP/c1-6(5)3-2-4-6/h2-4H2,1H3. The summed E-state index contributed by atoms with van der Waals surface area (Å²) < 4.78 is 10.7. The van der Waals surface area contributed by atoms with E-state index in [2.05, 4.69) is 0 Å². The fourth-order valence-electron chi connectivity index (χ4n) is 0.603. The lowest BCUT2D eigenvalue weighted by Crippen LogP contribution is -2.05. The van der Waals surface area contributed by atoms with Crippen LogP contribution in [0, 0.1) is 0 Å². The smallest absolute Gasteiger partial charge is 0.0848 e. The molecule has 0 saturated carbocycles. The maximum Gasteiger partial charge on any atom is 0.0848 e. The Morgan fingerprint density at radius 1 is 1.50 bits per heavy atom. The lowest BCUT2D eigenvalue weighted by molar-refractivity contribution is 0.567. The van der Waals surface area contributed by atoms with Crippen molar-refractivity contribution in [1.29, 1.82) is 0 Å². The third kappa shape index (κ3) is 0.652. The molecular weight excluding hydrogens is 95.0 g/mol. The topological polar surface area (TPSA) is 17.1 Å². The lowest BCUT2D eigenvalue weighted by Gasteiger charge is -2.20. The van der Waals surface area contributed by atoms with Crippen molar-refractivity contribution in [3.8, 4) is 0 Å². The molecule has 36 valence electrons. The summed E-state index contributed by atoms with van der Waals surface area (Å²) in [5.41, 5.74) is 0. The van der Waals surface area contributed by atoms with Gasteiger partial charge in [0.15, 0.2) is 0 Å². The van der Waals surface area contributed by atoms with E-state index in [0.717, 1.165) is 12.3 Å². The quantitative estimate of drug-likeness (QED) is 0.424. The van der Waals surface area contributed by atoms with E-state index in [1.165, 1.54) is 6.42 Å². The average molecular weight is 104 g/mol. The van der Waals surface area contributed by atoms with E-state index >= 15 is 0 Å². The Bertz CT molecular complexity index is 89.7. The molecule has 1 nitrogen and oxygen atoms in total. The highest BCUT2D eigenvalue weighted by Gasteiger charge is 2.23. The summed E-state index contributed by atoms with van der Waals surface area (Å²) in [6.45, 7) is 1.89. The molecule has 1 aliphatic heterocycles. The first-order chi connectivity index (χ1) is 2.71. The van der Waals surface area contributed by atoms with E-state index in [-0.39, 0.29) is 0 Å². The average Bonchev–Trinajstić information content (AvgIpc) is 1.32. The zero-order valence-electron chi connectivity index (χ0n) is 3.98. The van der Waals surface area contributed by atoms with Gasteiger partial charge >= 0.3 is 0 Å². The number of rotatable bonds is 0. The summed E-state index contributed by atoms with van der Waals surface area (Å²) in [4.78, 5) is 0. The van der Waals surface area contributed by atoms with Gasteiger partial charge in [-0.3, -0.25) is 0 Å². The first-order valence-corrected chi connectivity index (χ1v) is 4.79. The van der Waals surface area contributed by atoms with E-state index in [1.54, 1.807) is 0 Å². The Labute approximate surface area is 38.1 Å². The monoisotopic (exact) mass is 104 g/mol. The number of hydrogen-bond donors (Lipinski definition) is 0. The van der Waals surface area contributed by atoms with Crippen molar-refractivity contribution < 1.29 is 4.57 Å². The molecule has 0 atom stereocenters. The second-order valence-electron chi connectivity index (χ2n) is 2.10. The second kappa shape index (κ2) is 1.10. The van der Waals surface area contributed by atoms with Gasteiger partial charge in [0.2, 0.25) is 0 Å². The fraction of sp³-hybridized carbons (Fsp3) is 1.00. The maximum atomic E-state index is 10.7. The van der Waals surface area contributed by atoms with Gasteiger partial charge < -0.3 is 4.57 Å². The van der Waals surface area contributed by atoms with E-state index in [4.69, 9.17) is 0 Å². The van der Waals surface area contributed by atoms with Gasteiger partial charge in [-0.15, -0.1) is 0 Å². The summed E-state index contributed by atoms with van der Waals surface area (Å²) >= 11 is 0. The predicted molar refractivity (Wildman–Crippen MR) is 27.9 cm³/mol. The van der Waals surface area contributed by atoms with Crippen molar-refractivity contribution in [3.63, 3.8) is 0 Å². The molecular formula is C4H9OP. The van der Waals surface area contributed by atoms with Gasteiger partial charge in [-0.05, 0) is 13.1 Å². The molecule has 1 aliphatic rings. The Morgan fingerprint density at radius 3 is 1.83 bits per heavy atom. The minimum absolute atomic E-state index is 1.01. The van der Waals surface area contributed by atoms with E-state index in [1.807, 2.05) is 6.66 Å². The van der Waals surface area contributed by atoms with Crippen LogP contribution in [0.3, 0.4) is 0 Å². The Kier molecular flexibility index (Phi) is 0.804. The molecule has 0 radical (unpaired) electrons. The van der Waals surface area contributed by atoms with Crippen LogP contribution in [-0.4, -0.2) is 19.0 Å². The van der Waals surface area contributed by atoms with E-state index < -0.39 is 7.14 Å². The van der Waals surface area contributed by atoms with Crippen LogP contribution in [-0.2, 0) is 4.57 Å². The van der Waals surface area contributed by atoms with Gasteiger partial charge in [0, 0.05) is 12.3 Å². The van der Waals surface area contributed by atoms with E-state index in [9.17, 15) is 4.57 Å². The van der Waals surface area contributed by atoms with Gasteiger partial charge in [-0.2, -0.15) is 0 Å². The molecule has 0 amide bonds. The Morgan fingerprint density at radius 2 is 1.83 bits per heavy atom. The highest BCUT2D eigenvalue weighted by Crippen LogP contribution is 2.50. The molecule has 2 heteroatoms. The first-order valence-electron chi connectivity index (χ1n) is 2.26. The lowest BCUT2D eigenvalue weighted by atomic mass is 10.5. The summed E-state index contributed by atoms with van der Waals surface area (Å²) in [5.74, 6) is 0. The third-order valence-electron chi connectivity index (χ3n) is 1.26. The van der Waals surface area contributed by atoms with Crippen LogP contribution >= 0.6 is 7.14 Å². The highest BCUT2D eigenvalue weighted by molar-refractivity contribution is 7.64. The minimum Gasteiger partial charge on any atom is -0.324 e. The highest BCUT2D eigenvalue weighted by atomic mass is 31.2. The van der Waals surface area contributed by atoms with Gasteiger partial charge in [-0.25, -0.2) is 0 Å². The largest absolute Gasteiger partial charge is 0.324 e. The molecule has 1 heterocycles. The molecule has 1 saturated heterocycles. The molecule has 0 aromatic carbocycles. The zero-order chi connectivity index (χ0) is 4.62. The summed E-state index contributed by atoms with van der Waals surface area (Å²) in [6, 6.07) is 0. The van der Waals surface area contributed by atoms with Crippen LogP contribution in [0.25, 0.3) is 0 Å². The Balaban J connectivity index is 2.53. The van der Waals surface area contributed by atoms with Crippen LogP contribution in [0.1, 0.15) is 6.42 Å². The normalized spacial score (nSPS) is 28.8. The van der Waals surface area contributed by atoms with E-state index in [0.29, 0.717) is 0 Å². The van der Waals surface area contributed by atoms with Gasteiger partial charge in [0.05, 0.1) is 7.14 Å². The second-order valence-corrected chi connectivity index (χ2v) is 5.59. The summed E-state index contributed by atoms with van der Waals surface area (Å²) in [6.07, 6.45) is 3.22. The van der Waals surface area contributed by atoms with Crippen LogP contribution in [0.15, 0.2) is 0 Å². The molecule has 0 aliphatic carbocycles. The molecule has 0 unspecified atom stereocenters. The van der Waals surface area contributed by atoms with Crippen LogP contribution < -0.4 is 0 Å². The van der Waals surface area contributed by atoms with Crippen LogP contribution in [0.5, 0.6) is 0 Å². The van der Waals surface area contributed by atoms with Crippen molar-refractivity contribution in [2.45, 2.75) is 6.42 Å². The Hall–Kier alpha value is 0.230. The molecule has 0 N–H and O–H groups in total. The van der Waals surface area contributed by atoms with Gasteiger partial charge in [0.1, 0.15) is 0 Å².